The minimum absolute atomic E-state index is 0.0601. The largest absolute Gasteiger partial charge is 0.358 e. The van der Waals surface area contributed by atoms with E-state index in [1.165, 1.54) is 6.07 Å². The predicted molar refractivity (Wildman–Crippen MR) is 94.3 cm³/mol. The maximum absolute atomic E-state index is 15.4. The molecule has 0 radical (unpaired) electrons. The van der Waals surface area contributed by atoms with Crippen molar-refractivity contribution in [1.29, 1.82) is 0 Å². The number of nitrogens with one attached hydrogen (secondary N) is 2. The predicted octanol–water partition coefficient (Wildman–Crippen LogP) is 1.61. The van der Waals surface area contributed by atoms with Gasteiger partial charge in [-0.15, -0.1) is 0 Å². The second-order valence-corrected chi connectivity index (χ2v) is 7.93. The van der Waals surface area contributed by atoms with Gasteiger partial charge in [-0.3, -0.25) is 4.79 Å². The van der Waals surface area contributed by atoms with Crippen molar-refractivity contribution in [2.24, 2.45) is 0 Å². The van der Waals surface area contributed by atoms with Crippen molar-refractivity contribution in [3.8, 4) is 0 Å². The average molecular weight is 362 g/mol. The van der Waals surface area contributed by atoms with Crippen LogP contribution in [0.5, 0.6) is 0 Å². The van der Waals surface area contributed by atoms with Crippen molar-refractivity contribution in [1.82, 2.24) is 15.5 Å². The van der Waals surface area contributed by atoms with Crippen LogP contribution in [0.25, 0.3) is 0 Å². The monoisotopic (exact) mass is 362 g/mol. The number of hydrogen-bond donors (Lipinski definition) is 2. The van der Waals surface area contributed by atoms with Crippen LogP contribution in [0.1, 0.15) is 41.6 Å². The highest BCUT2D eigenvalue weighted by Gasteiger charge is 2.42. The fourth-order valence-electron chi connectivity index (χ4n) is 5.17. The quantitative estimate of drug-likeness (QED) is 0.839. The first-order valence-electron chi connectivity index (χ1n) is 9.66. The smallest absolute Gasteiger partial charge is 0.255 e. The summed E-state index contributed by atoms with van der Waals surface area (Å²) in [6, 6.07) is 1.59. The van der Waals surface area contributed by atoms with Crippen molar-refractivity contribution in [3.05, 3.63) is 28.8 Å². The van der Waals surface area contributed by atoms with Crippen LogP contribution in [-0.2, 0) is 6.54 Å². The van der Waals surface area contributed by atoms with E-state index in [4.69, 9.17) is 0 Å². The number of halogens is 2. The van der Waals surface area contributed by atoms with E-state index in [1.807, 2.05) is 4.90 Å². The normalized spacial score (nSPS) is 30.8. The second-order valence-electron chi connectivity index (χ2n) is 7.93. The van der Waals surface area contributed by atoms with Crippen LogP contribution in [0.4, 0.5) is 14.5 Å². The van der Waals surface area contributed by atoms with Crippen molar-refractivity contribution in [3.63, 3.8) is 0 Å². The minimum Gasteiger partial charge on any atom is -0.358 e. The molecule has 3 unspecified atom stereocenters. The Morgan fingerprint density at radius 1 is 1.00 bits per heavy atom. The lowest BCUT2D eigenvalue weighted by Gasteiger charge is -2.37. The molecule has 2 N–H and O–H groups in total. The van der Waals surface area contributed by atoms with Gasteiger partial charge in [-0.2, -0.15) is 0 Å². The van der Waals surface area contributed by atoms with Gasteiger partial charge in [0.25, 0.3) is 5.91 Å². The SMILES string of the molecule is O=C1c2cc(F)c(N3C4CCC3CNC4)c(F)c2CN1C1CCCNC1. The van der Waals surface area contributed by atoms with Crippen molar-refractivity contribution in [2.75, 3.05) is 31.1 Å². The van der Waals surface area contributed by atoms with E-state index in [1.54, 1.807) is 4.90 Å². The van der Waals surface area contributed by atoms with Gasteiger partial charge < -0.3 is 20.4 Å². The Balaban J connectivity index is 1.51. The molecule has 26 heavy (non-hydrogen) atoms. The highest BCUT2D eigenvalue weighted by Crippen LogP contribution is 2.40. The van der Waals surface area contributed by atoms with Gasteiger partial charge in [-0.05, 0) is 38.3 Å². The van der Waals surface area contributed by atoms with E-state index in [2.05, 4.69) is 10.6 Å². The molecule has 0 spiro atoms. The molecule has 140 valence electrons. The molecule has 0 aromatic heterocycles. The molecule has 3 atom stereocenters. The van der Waals surface area contributed by atoms with Gasteiger partial charge in [0.2, 0.25) is 0 Å². The van der Waals surface area contributed by atoms with Crippen LogP contribution in [0, 0.1) is 11.6 Å². The standard InChI is InChI=1S/C19H24F2N4O/c20-16-6-14-15(10-24(19(14)26)11-2-1-5-22-7-11)17(21)18(16)25-12-3-4-13(25)9-23-8-12/h6,11-13,22-23H,1-5,7-10H2. The molecule has 5 rings (SSSR count). The van der Waals surface area contributed by atoms with Crippen LogP contribution in [-0.4, -0.2) is 55.1 Å². The summed E-state index contributed by atoms with van der Waals surface area (Å²) in [6.07, 6.45) is 3.81. The molecule has 5 nitrogen and oxygen atoms in total. The third-order valence-electron chi connectivity index (χ3n) is 6.46. The molecule has 1 amide bonds. The molecule has 7 heteroatoms. The average Bonchev–Trinajstić information content (AvgIpc) is 3.09. The van der Waals surface area contributed by atoms with Crippen molar-refractivity contribution >= 4 is 11.6 Å². The summed E-state index contributed by atoms with van der Waals surface area (Å²) < 4.78 is 30.3. The van der Waals surface area contributed by atoms with E-state index in [0.29, 0.717) is 5.56 Å². The fourth-order valence-corrected chi connectivity index (χ4v) is 5.17. The molecular weight excluding hydrogens is 338 g/mol. The Hall–Kier alpha value is -1.73. The molecule has 4 heterocycles. The van der Waals surface area contributed by atoms with Gasteiger partial charge in [0.15, 0.2) is 5.82 Å². The Morgan fingerprint density at radius 2 is 1.73 bits per heavy atom. The number of benzene rings is 1. The summed E-state index contributed by atoms with van der Waals surface area (Å²) >= 11 is 0. The molecule has 2 bridgehead atoms. The molecule has 0 saturated carbocycles. The molecule has 4 aliphatic heterocycles. The Labute approximate surface area is 151 Å². The third kappa shape index (κ3) is 2.36. The summed E-state index contributed by atoms with van der Waals surface area (Å²) in [5.41, 5.74) is 0.654. The van der Waals surface area contributed by atoms with E-state index in [0.717, 1.165) is 51.9 Å². The number of hydrogen-bond acceptors (Lipinski definition) is 4. The van der Waals surface area contributed by atoms with Crippen LogP contribution < -0.4 is 15.5 Å². The van der Waals surface area contributed by atoms with E-state index in [-0.39, 0.29) is 41.8 Å². The molecule has 4 aliphatic rings. The highest BCUT2D eigenvalue weighted by atomic mass is 19.1. The van der Waals surface area contributed by atoms with Crippen molar-refractivity contribution in [2.45, 2.75) is 50.4 Å². The molecule has 3 fully saturated rings. The lowest BCUT2D eigenvalue weighted by Crippen LogP contribution is -2.52. The summed E-state index contributed by atoms with van der Waals surface area (Å²) in [5.74, 6) is -1.36. The van der Waals surface area contributed by atoms with Crippen LogP contribution >= 0.6 is 0 Å². The summed E-state index contributed by atoms with van der Waals surface area (Å²) in [7, 11) is 0. The Bertz CT molecular complexity index is 734. The first-order valence-corrected chi connectivity index (χ1v) is 9.66. The third-order valence-corrected chi connectivity index (χ3v) is 6.46. The molecule has 0 aliphatic carbocycles. The van der Waals surface area contributed by atoms with E-state index < -0.39 is 11.6 Å². The number of anilines is 1. The van der Waals surface area contributed by atoms with E-state index >= 15 is 4.39 Å². The molecule has 1 aromatic rings. The van der Waals surface area contributed by atoms with Gasteiger partial charge in [0, 0.05) is 43.3 Å². The lowest BCUT2D eigenvalue weighted by atomic mass is 10.0. The van der Waals surface area contributed by atoms with Gasteiger partial charge >= 0.3 is 0 Å². The summed E-state index contributed by atoms with van der Waals surface area (Å²) in [4.78, 5) is 16.4. The Kier molecular flexibility index (Phi) is 3.90. The number of carbonyl (C=O) groups excluding carboxylic acids is 1. The maximum atomic E-state index is 15.4. The number of nitrogens with zero attached hydrogens (tertiary/aromatic N) is 2. The number of rotatable bonds is 2. The van der Waals surface area contributed by atoms with Gasteiger partial charge in [-0.25, -0.2) is 8.78 Å². The number of fused-ring (bicyclic) bond motifs is 3. The van der Waals surface area contributed by atoms with Crippen LogP contribution in [0.15, 0.2) is 6.07 Å². The van der Waals surface area contributed by atoms with Gasteiger partial charge in [0.05, 0.1) is 12.1 Å². The first-order chi connectivity index (χ1) is 12.6. The maximum Gasteiger partial charge on any atom is 0.255 e. The number of piperidine rings is 1. The summed E-state index contributed by atoms with van der Waals surface area (Å²) in [6.45, 7) is 3.43. The minimum atomic E-state index is -0.600. The van der Waals surface area contributed by atoms with Crippen LogP contribution in [0.3, 0.4) is 0 Å². The fraction of sp³-hybridized carbons (Fsp3) is 0.632. The van der Waals surface area contributed by atoms with Gasteiger partial charge in [0.1, 0.15) is 11.5 Å². The van der Waals surface area contributed by atoms with Crippen LogP contribution in [0.2, 0.25) is 0 Å². The topological polar surface area (TPSA) is 47.6 Å². The number of carbonyl (C=O) groups is 1. The van der Waals surface area contributed by atoms with Gasteiger partial charge in [-0.1, -0.05) is 0 Å². The number of amides is 1. The van der Waals surface area contributed by atoms with E-state index in [9.17, 15) is 9.18 Å². The zero-order valence-corrected chi connectivity index (χ0v) is 14.7. The molecular formula is C19H24F2N4O. The lowest BCUT2D eigenvalue weighted by molar-refractivity contribution is 0.0674. The zero-order valence-electron chi connectivity index (χ0n) is 14.7. The molecule has 3 saturated heterocycles. The molecule has 1 aromatic carbocycles. The Morgan fingerprint density at radius 3 is 2.42 bits per heavy atom. The zero-order chi connectivity index (χ0) is 17.8. The second kappa shape index (κ2) is 6.16. The van der Waals surface area contributed by atoms with Crippen molar-refractivity contribution < 1.29 is 13.6 Å². The highest BCUT2D eigenvalue weighted by molar-refractivity contribution is 5.99. The summed E-state index contributed by atoms with van der Waals surface area (Å²) in [5, 5.41) is 6.63. The first kappa shape index (κ1) is 16.4. The number of piperazine rings is 1.